The maximum Gasteiger partial charge on any atom is 0.341 e. The first kappa shape index (κ1) is 12.7. The molecule has 0 amide bonds. The number of aromatic amines is 1. The second-order valence-electron chi connectivity index (χ2n) is 3.54. The molecule has 2 rings (SSSR count). The van der Waals surface area contributed by atoms with Gasteiger partial charge in [-0.3, -0.25) is 4.79 Å². The Balaban J connectivity index is 2.65. The highest BCUT2D eigenvalue weighted by molar-refractivity contribution is 6.43. The zero-order valence-electron chi connectivity index (χ0n) is 8.91. The van der Waals surface area contributed by atoms with Gasteiger partial charge in [0.25, 0.3) is 5.56 Å². The molecule has 0 aliphatic heterocycles. The zero-order valence-corrected chi connectivity index (χ0v) is 10.4. The van der Waals surface area contributed by atoms with Crippen molar-refractivity contribution in [2.75, 3.05) is 0 Å². The van der Waals surface area contributed by atoms with E-state index < -0.39 is 11.5 Å². The summed E-state index contributed by atoms with van der Waals surface area (Å²) in [7, 11) is 0. The van der Waals surface area contributed by atoms with E-state index in [4.69, 9.17) is 28.3 Å². The number of carbonyl (C=O) groups is 1. The number of H-pyrrole nitrogens is 1. The van der Waals surface area contributed by atoms with Crippen LogP contribution in [0.5, 0.6) is 0 Å². The summed E-state index contributed by atoms with van der Waals surface area (Å²) in [6.07, 6.45) is 1.40. The first-order valence-electron chi connectivity index (χ1n) is 4.91. The van der Waals surface area contributed by atoms with Crippen LogP contribution in [0.2, 0.25) is 10.0 Å². The van der Waals surface area contributed by atoms with Crippen molar-refractivity contribution in [2.24, 2.45) is 0 Å². The molecular formula is C12H7Cl2NO3. The number of carboxylic acids is 1. The Morgan fingerprint density at radius 2 is 2.00 bits per heavy atom. The summed E-state index contributed by atoms with van der Waals surface area (Å²) in [4.78, 5) is 24.5. The van der Waals surface area contributed by atoms with Gasteiger partial charge in [-0.1, -0.05) is 35.3 Å². The number of halogens is 2. The third kappa shape index (κ3) is 2.25. The van der Waals surface area contributed by atoms with Gasteiger partial charge in [-0.2, -0.15) is 0 Å². The lowest BCUT2D eigenvalue weighted by Gasteiger charge is -2.06. The van der Waals surface area contributed by atoms with Gasteiger partial charge in [0.05, 0.1) is 10.0 Å². The zero-order chi connectivity index (χ0) is 13.3. The Kier molecular flexibility index (Phi) is 3.41. The molecule has 0 spiro atoms. The van der Waals surface area contributed by atoms with E-state index in [2.05, 4.69) is 4.98 Å². The fraction of sp³-hybridized carbons (Fsp3) is 0. The van der Waals surface area contributed by atoms with Crippen molar-refractivity contribution in [3.05, 3.63) is 56.4 Å². The lowest BCUT2D eigenvalue weighted by Crippen LogP contribution is -2.16. The predicted molar refractivity (Wildman–Crippen MR) is 69.5 cm³/mol. The number of aromatic carboxylic acids is 1. The van der Waals surface area contributed by atoms with E-state index in [0.29, 0.717) is 21.2 Å². The van der Waals surface area contributed by atoms with E-state index in [0.717, 1.165) is 0 Å². The molecule has 0 bridgehead atoms. The standard InChI is InChI=1S/C12H7Cl2NO3/c13-9-3-1-2-7(10(9)14)6-4-8(12(17)18)11(16)15-5-6/h1-5H,(H,15,16)(H,17,18). The average molecular weight is 284 g/mol. The summed E-state index contributed by atoms with van der Waals surface area (Å²) in [6.45, 7) is 0. The third-order valence-electron chi connectivity index (χ3n) is 2.40. The molecule has 6 heteroatoms. The lowest BCUT2D eigenvalue weighted by molar-refractivity contribution is 0.0695. The van der Waals surface area contributed by atoms with Gasteiger partial charge < -0.3 is 10.1 Å². The van der Waals surface area contributed by atoms with Gasteiger partial charge in [0.2, 0.25) is 0 Å². The number of carboxylic acid groups (broad SMARTS) is 1. The largest absolute Gasteiger partial charge is 0.477 e. The van der Waals surface area contributed by atoms with Crippen LogP contribution in [0, 0.1) is 0 Å². The predicted octanol–water partition coefficient (Wildman–Crippen LogP) is 3.05. The Morgan fingerprint density at radius 3 is 2.67 bits per heavy atom. The second-order valence-corrected chi connectivity index (χ2v) is 4.32. The van der Waals surface area contributed by atoms with Gasteiger partial charge in [0.15, 0.2) is 0 Å². The number of benzene rings is 1. The summed E-state index contributed by atoms with van der Waals surface area (Å²) in [6, 6.07) is 6.26. The topological polar surface area (TPSA) is 70.2 Å². The van der Waals surface area contributed by atoms with Crippen LogP contribution in [-0.2, 0) is 0 Å². The minimum Gasteiger partial charge on any atom is -0.477 e. The van der Waals surface area contributed by atoms with Crippen molar-refractivity contribution in [3.63, 3.8) is 0 Å². The average Bonchev–Trinajstić information content (AvgIpc) is 2.33. The molecular weight excluding hydrogens is 277 g/mol. The van der Waals surface area contributed by atoms with Gasteiger partial charge in [0, 0.05) is 17.3 Å². The molecule has 1 aromatic heterocycles. The van der Waals surface area contributed by atoms with E-state index in [1.807, 2.05) is 0 Å². The number of rotatable bonds is 2. The molecule has 0 saturated heterocycles. The molecule has 0 fully saturated rings. The van der Waals surface area contributed by atoms with Gasteiger partial charge in [-0.25, -0.2) is 4.79 Å². The first-order chi connectivity index (χ1) is 8.50. The van der Waals surface area contributed by atoms with Crippen LogP contribution in [0.1, 0.15) is 10.4 Å². The van der Waals surface area contributed by atoms with E-state index in [1.165, 1.54) is 12.3 Å². The van der Waals surface area contributed by atoms with Crippen LogP contribution < -0.4 is 5.56 Å². The van der Waals surface area contributed by atoms with Crippen LogP contribution in [0.3, 0.4) is 0 Å². The summed E-state index contributed by atoms with van der Waals surface area (Å²) in [5.74, 6) is -1.30. The van der Waals surface area contributed by atoms with Crippen molar-refractivity contribution in [3.8, 4) is 11.1 Å². The maximum atomic E-state index is 11.3. The number of hydrogen-bond donors (Lipinski definition) is 2. The molecule has 92 valence electrons. The number of nitrogens with one attached hydrogen (secondary N) is 1. The lowest BCUT2D eigenvalue weighted by atomic mass is 10.1. The highest BCUT2D eigenvalue weighted by atomic mass is 35.5. The van der Waals surface area contributed by atoms with Crippen LogP contribution in [0.15, 0.2) is 35.3 Å². The van der Waals surface area contributed by atoms with E-state index >= 15 is 0 Å². The third-order valence-corrected chi connectivity index (χ3v) is 3.22. The molecule has 1 heterocycles. The molecule has 18 heavy (non-hydrogen) atoms. The van der Waals surface area contributed by atoms with E-state index in [-0.39, 0.29) is 5.56 Å². The monoisotopic (exact) mass is 283 g/mol. The molecule has 0 saturated carbocycles. The molecule has 2 N–H and O–H groups in total. The Labute approximate surface area is 112 Å². The first-order valence-corrected chi connectivity index (χ1v) is 5.66. The van der Waals surface area contributed by atoms with E-state index in [9.17, 15) is 9.59 Å². The van der Waals surface area contributed by atoms with Crippen LogP contribution in [0.25, 0.3) is 11.1 Å². The molecule has 0 aliphatic rings. The molecule has 0 unspecified atom stereocenters. The van der Waals surface area contributed by atoms with Crippen LogP contribution in [0.4, 0.5) is 0 Å². The van der Waals surface area contributed by atoms with Crippen molar-refractivity contribution >= 4 is 29.2 Å². The van der Waals surface area contributed by atoms with Crippen molar-refractivity contribution in [2.45, 2.75) is 0 Å². The van der Waals surface area contributed by atoms with Gasteiger partial charge in [-0.15, -0.1) is 0 Å². The molecule has 0 atom stereocenters. The number of aromatic nitrogens is 1. The van der Waals surface area contributed by atoms with Gasteiger partial charge >= 0.3 is 5.97 Å². The molecule has 0 radical (unpaired) electrons. The SMILES string of the molecule is O=C(O)c1cc(-c2cccc(Cl)c2Cl)c[nH]c1=O. The fourth-order valence-corrected chi connectivity index (χ4v) is 1.93. The Morgan fingerprint density at radius 1 is 1.28 bits per heavy atom. The molecule has 4 nitrogen and oxygen atoms in total. The Bertz CT molecular complexity index is 679. The number of pyridine rings is 1. The van der Waals surface area contributed by atoms with E-state index in [1.54, 1.807) is 18.2 Å². The van der Waals surface area contributed by atoms with Gasteiger partial charge in [-0.05, 0) is 12.1 Å². The quantitative estimate of drug-likeness (QED) is 0.890. The van der Waals surface area contributed by atoms with Crippen molar-refractivity contribution in [1.29, 1.82) is 0 Å². The minimum absolute atomic E-state index is 0.308. The number of hydrogen-bond acceptors (Lipinski definition) is 2. The molecule has 1 aromatic carbocycles. The van der Waals surface area contributed by atoms with Crippen molar-refractivity contribution < 1.29 is 9.90 Å². The van der Waals surface area contributed by atoms with Crippen LogP contribution >= 0.6 is 23.2 Å². The summed E-state index contributed by atoms with van der Waals surface area (Å²) >= 11 is 11.9. The maximum absolute atomic E-state index is 11.3. The van der Waals surface area contributed by atoms with Gasteiger partial charge in [0.1, 0.15) is 5.56 Å². The normalized spacial score (nSPS) is 10.3. The minimum atomic E-state index is -1.30. The summed E-state index contributed by atoms with van der Waals surface area (Å²) in [5, 5.41) is 9.55. The van der Waals surface area contributed by atoms with Crippen molar-refractivity contribution in [1.82, 2.24) is 4.98 Å². The highest BCUT2D eigenvalue weighted by Gasteiger charge is 2.12. The van der Waals surface area contributed by atoms with Crippen LogP contribution in [-0.4, -0.2) is 16.1 Å². The second kappa shape index (κ2) is 4.84. The fourth-order valence-electron chi connectivity index (χ4n) is 1.52. The highest BCUT2D eigenvalue weighted by Crippen LogP contribution is 2.32. The summed E-state index contributed by atoms with van der Waals surface area (Å²) in [5.41, 5.74) is 0.0374. The smallest absolute Gasteiger partial charge is 0.341 e. The summed E-state index contributed by atoms with van der Waals surface area (Å²) < 4.78 is 0. The molecule has 2 aromatic rings. The Hall–Kier alpha value is -1.78. The molecule has 0 aliphatic carbocycles.